The van der Waals surface area contributed by atoms with Crippen molar-refractivity contribution in [2.24, 2.45) is 0 Å². The predicted molar refractivity (Wildman–Crippen MR) is 77.9 cm³/mol. The molecule has 1 amide bonds. The minimum Gasteiger partial charge on any atom is -0.319 e. The average molecular weight is 299 g/mol. The molecule has 0 saturated heterocycles. The highest BCUT2D eigenvalue weighted by Gasteiger charge is 2.16. The number of anilines is 1. The summed E-state index contributed by atoms with van der Waals surface area (Å²) in [5.74, 6) is -1.74. The van der Waals surface area contributed by atoms with Crippen molar-refractivity contribution in [3.63, 3.8) is 0 Å². The number of nitrogens with one attached hydrogen (secondary N) is 1. The van der Waals surface area contributed by atoms with Gasteiger partial charge in [-0.15, -0.1) is 0 Å². The van der Waals surface area contributed by atoms with Gasteiger partial charge in [0.25, 0.3) is 5.91 Å². The first-order chi connectivity index (χ1) is 10.6. The normalized spacial score (nSPS) is 10.5. The van der Waals surface area contributed by atoms with Gasteiger partial charge in [-0.2, -0.15) is 5.10 Å². The highest BCUT2D eigenvalue weighted by atomic mass is 19.1. The molecule has 110 valence electrons. The Morgan fingerprint density at radius 3 is 2.64 bits per heavy atom. The maximum atomic E-state index is 13.6. The van der Waals surface area contributed by atoms with E-state index in [0.29, 0.717) is 5.69 Å². The highest BCUT2D eigenvalue weighted by Crippen LogP contribution is 2.19. The minimum atomic E-state index is -0.616. The fourth-order valence-corrected chi connectivity index (χ4v) is 2.05. The SMILES string of the molecule is O=C(Nc1ccccc1F)c1cc(F)ccc1-n1cccn1. The first-order valence-electron chi connectivity index (χ1n) is 6.50. The molecular formula is C16H11F2N3O. The molecule has 6 heteroatoms. The average Bonchev–Trinajstić information content (AvgIpc) is 3.03. The molecule has 0 bridgehead atoms. The maximum absolute atomic E-state index is 13.6. The number of nitrogens with zero attached hydrogens (tertiary/aromatic N) is 2. The Kier molecular flexibility index (Phi) is 3.65. The fourth-order valence-electron chi connectivity index (χ4n) is 2.05. The summed E-state index contributed by atoms with van der Waals surface area (Å²) >= 11 is 0. The second-order valence-corrected chi connectivity index (χ2v) is 4.55. The zero-order valence-corrected chi connectivity index (χ0v) is 11.3. The summed E-state index contributed by atoms with van der Waals surface area (Å²) in [5.41, 5.74) is 0.496. The van der Waals surface area contributed by atoms with Gasteiger partial charge in [-0.1, -0.05) is 12.1 Å². The van der Waals surface area contributed by atoms with E-state index >= 15 is 0 Å². The maximum Gasteiger partial charge on any atom is 0.258 e. The summed E-state index contributed by atoms with van der Waals surface area (Å²) in [4.78, 5) is 12.3. The topological polar surface area (TPSA) is 46.9 Å². The summed E-state index contributed by atoms with van der Waals surface area (Å²) in [6.07, 6.45) is 3.18. The Bertz CT molecular complexity index is 816. The molecule has 0 unspecified atom stereocenters. The molecule has 0 fully saturated rings. The van der Waals surface area contributed by atoms with Gasteiger partial charge < -0.3 is 5.32 Å². The molecule has 3 rings (SSSR count). The van der Waals surface area contributed by atoms with Crippen LogP contribution in [0.3, 0.4) is 0 Å². The molecule has 0 spiro atoms. The van der Waals surface area contributed by atoms with Crippen LogP contribution in [0.5, 0.6) is 0 Å². The largest absolute Gasteiger partial charge is 0.319 e. The zero-order chi connectivity index (χ0) is 15.5. The molecule has 1 aromatic heterocycles. The molecule has 1 N–H and O–H groups in total. The lowest BCUT2D eigenvalue weighted by atomic mass is 10.1. The van der Waals surface area contributed by atoms with Crippen LogP contribution in [0, 0.1) is 11.6 Å². The number of hydrogen-bond acceptors (Lipinski definition) is 2. The third-order valence-electron chi connectivity index (χ3n) is 3.08. The van der Waals surface area contributed by atoms with Gasteiger partial charge in [0.05, 0.1) is 16.9 Å². The van der Waals surface area contributed by atoms with E-state index < -0.39 is 17.5 Å². The van der Waals surface area contributed by atoms with E-state index in [1.54, 1.807) is 24.5 Å². The summed E-state index contributed by atoms with van der Waals surface area (Å²) in [6.45, 7) is 0. The van der Waals surface area contributed by atoms with Crippen LogP contribution in [0.25, 0.3) is 5.69 Å². The molecule has 0 aliphatic rings. The smallest absolute Gasteiger partial charge is 0.258 e. The number of para-hydroxylation sites is 1. The lowest BCUT2D eigenvalue weighted by molar-refractivity contribution is 0.102. The van der Waals surface area contributed by atoms with Gasteiger partial charge in [0.15, 0.2) is 0 Å². The van der Waals surface area contributed by atoms with E-state index in [1.165, 1.54) is 35.0 Å². The van der Waals surface area contributed by atoms with Crippen molar-refractivity contribution in [2.45, 2.75) is 0 Å². The lowest BCUT2D eigenvalue weighted by Gasteiger charge is -2.11. The molecule has 22 heavy (non-hydrogen) atoms. The van der Waals surface area contributed by atoms with Crippen LogP contribution >= 0.6 is 0 Å². The Morgan fingerprint density at radius 2 is 1.91 bits per heavy atom. The molecule has 0 aliphatic heterocycles. The van der Waals surface area contributed by atoms with Crippen LogP contribution < -0.4 is 5.32 Å². The molecule has 0 aliphatic carbocycles. The number of halogens is 2. The van der Waals surface area contributed by atoms with E-state index in [-0.39, 0.29) is 11.3 Å². The van der Waals surface area contributed by atoms with Gasteiger partial charge in [-0.25, -0.2) is 13.5 Å². The van der Waals surface area contributed by atoms with E-state index in [9.17, 15) is 13.6 Å². The van der Waals surface area contributed by atoms with Gasteiger partial charge in [0, 0.05) is 12.4 Å². The van der Waals surface area contributed by atoms with Crippen molar-refractivity contribution in [1.29, 1.82) is 0 Å². The van der Waals surface area contributed by atoms with Crippen LogP contribution in [-0.2, 0) is 0 Å². The third kappa shape index (κ3) is 2.71. The molecule has 3 aromatic rings. The summed E-state index contributed by atoms with van der Waals surface area (Å²) in [5, 5.41) is 6.46. The van der Waals surface area contributed by atoms with Crippen LogP contribution in [0.15, 0.2) is 60.9 Å². The van der Waals surface area contributed by atoms with Crippen molar-refractivity contribution in [2.75, 3.05) is 5.32 Å². The molecule has 1 heterocycles. The Labute approximate surface area is 125 Å². The Hall–Kier alpha value is -3.02. The van der Waals surface area contributed by atoms with Gasteiger partial charge in [0.1, 0.15) is 11.6 Å². The van der Waals surface area contributed by atoms with Crippen LogP contribution in [0.2, 0.25) is 0 Å². The van der Waals surface area contributed by atoms with Crippen molar-refractivity contribution < 1.29 is 13.6 Å². The van der Waals surface area contributed by atoms with Crippen molar-refractivity contribution >= 4 is 11.6 Å². The highest BCUT2D eigenvalue weighted by molar-refractivity contribution is 6.06. The van der Waals surface area contributed by atoms with Crippen molar-refractivity contribution in [1.82, 2.24) is 9.78 Å². The van der Waals surface area contributed by atoms with E-state index in [0.717, 1.165) is 6.07 Å². The first kappa shape index (κ1) is 13.9. The monoisotopic (exact) mass is 299 g/mol. The number of amides is 1. The standard InChI is InChI=1S/C16H11F2N3O/c17-11-6-7-15(21-9-3-8-19-21)12(10-11)16(22)20-14-5-2-1-4-13(14)18/h1-10H,(H,20,22). The molecule has 0 radical (unpaired) electrons. The van der Waals surface area contributed by atoms with Crippen LogP contribution in [-0.4, -0.2) is 15.7 Å². The summed E-state index contributed by atoms with van der Waals surface area (Å²) in [7, 11) is 0. The second kappa shape index (κ2) is 5.77. The molecule has 0 atom stereocenters. The number of carbonyl (C=O) groups is 1. The van der Waals surface area contributed by atoms with Gasteiger partial charge >= 0.3 is 0 Å². The van der Waals surface area contributed by atoms with Crippen LogP contribution in [0.4, 0.5) is 14.5 Å². The van der Waals surface area contributed by atoms with Gasteiger partial charge in [-0.05, 0) is 36.4 Å². The number of benzene rings is 2. The predicted octanol–water partition coefficient (Wildman–Crippen LogP) is 3.40. The fraction of sp³-hybridized carbons (Fsp3) is 0. The number of aromatic nitrogens is 2. The molecule has 4 nitrogen and oxygen atoms in total. The van der Waals surface area contributed by atoms with E-state index in [4.69, 9.17) is 0 Å². The lowest BCUT2D eigenvalue weighted by Crippen LogP contribution is -2.16. The number of carbonyl (C=O) groups excluding carboxylic acids is 1. The van der Waals surface area contributed by atoms with Crippen molar-refractivity contribution in [3.8, 4) is 5.69 Å². The molecule has 2 aromatic carbocycles. The Morgan fingerprint density at radius 1 is 1.09 bits per heavy atom. The van der Waals surface area contributed by atoms with E-state index in [1.807, 2.05) is 0 Å². The molecule has 0 saturated carbocycles. The molecular weight excluding hydrogens is 288 g/mol. The minimum absolute atomic E-state index is 0.0307. The third-order valence-corrected chi connectivity index (χ3v) is 3.08. The summed E-state index contributed by atoms with van der Waals surface area (Å²) < 4.78 is 28.5. The Balaban J connectivity index is 1.99. The number of rotatable bonds is 3. The van der Waals surface area contributed by atoms with Crippen LogP contribution in [0.1, 0.15) is 10.4 Å². The van der Waals surface area contributed by atoms with E-state index in [2.05, 4.69) is 10.4 Å². The number of hydrogen-bond donors (Lipinski definition) is 1. The zero-order valence-electron chi connectivity index (χ0n) is 11.3. The summed E-state index contributed by atoms with van der Waals surface area (Å²) in [6, 6.07) is 11.2. The van der Waals surface area contributed by atoms with Crippen molar-refractivity contribution in [3.05, 3.63) is 78.1 Å². The first-order valence-corrected chi connectivity index (χ1v) is 6.50. The van der Waals surface area contributed by atoms with Gasteiger partial charge in [-0.3, -0.25) is 4.79 Å². The van der Waals surface area contributed by atoms with Gasteiger partial charge in [0.2, 0.25) is 0 Å². The quantitative estimate of drug-likeness (QED) is 0.805. The second-order valence-electron chi connectivity index (χ2n) is 4.55.